The summed E-state index contributed by atoms with van der Waals surface area (Å²) in [6, 6.07) is 4.53. The van der Waals surface area contributed by atoms with Crippen LogP contribution in [-0.4, -0.2) is 0 Å². The molecule has 0 unspecified atom stereocenters. The van der Waals surface area contributed by atoms with Crippen molar-refractivity contribution in [2.45, 2.75) is 0 Å². The number of para-hydroxylation sites is 1. The maximum atomic E-state index is 12.7. The second-order valence-corrected chi connectivity index (χ2v) is 1.90. The molecule has 2 nitrogen and oxygen atoms in total. The van der Waals surface area contributed by atoms with E-state index in [4.69, 9.17) is 9.47 Å². The van der Waals surface area contributed by atoms with E-state index in [-0.39, 0.29) is 5.75 Å². The van der Waals surface area contributed by atoms with E-state index >= 15 is 0 Å². The Labute approximate surface area is 57.2 Å². The average molecular weight is 139 g/mol. The number of benzene rings is 1. The topological polar surface area (TPSA) is 18.5 Å². The van der Waals surface area contributed by atoms with Crippen LogP contribution in [0.15, 0.2) is 18.2 Å². The van der Waals surface area contributed by atoms with Gasteiger partial charge in [-0.25, -0.2) is 4.39 Å². The molecule has 51 valence electrons. The van der Waals surface area contributed by atoms with Gasteiger partial charge in [-0.15, -0.1) is 0 Å². The Hall–Kier alpha value is -1.25. The number of fused-ring (bicyclic) bond motifs is 1. The Balaban J connectivity index is 2.59. The monoisotopic (exact) mass is 139 g/mol. The van der Waals surface area contributed by atoms with Crippen molar-refractivity contribution in [3.05, 3.63) is 30.8 Å². The SMILES string of the molecule is Fc1cccc2c1O[CH]O2. The lowest BCUT2D eigenvalue weighted by Gasteiger charge is -1.93. The summed E-state index contributed by atoms with van der Waals surface area (Å²) in [6.07, 6.45) is 0. The first-order valence-electron chi connectivity index (χ1n) is 2.81. The summed E-state index contributed by atoms with van der Waals surface area (Å²) in [4.78, 5) is 0. The van der Waals surface area contributed by atoms with Crippen LogP contribution in [0.25, 0.3) is 0 Å². The average Bonchev–Trinajstić information content (AvgIpc) is 2.36. The summed E-state index contributed by atoms with van der Waals surface area (Å²) in [5.74, 6) is 0.203. The van der Waals surface area contributed by atoms with Crippen molar-refractivity contribution in [3.8, 4) is 11.5 Å². The molecule has 0 spiro atoms. The fraction of sp³-hybridized carbons (Fsp3) is 0. The van der Waals surface area contributed by atoms with Gasteiger partial charge in [0.15, 0.2) is 11.6 Å². The highest BCUT2D eigenvalue weighted by atomic mass is 19.1. The molecule has 0 fully saturated rings. The number of halogens is 1. The lowest BCUT2D eigenvalue weighted by Crippen LogP contribution is -1.84. The zero-order valence-corrected chi connectivity index (χ0v) is 5.00. The van der Waals surface area contributed by atoms with Crippen molar-refractivity contribution >= 4 is 0 Å². The highest BCUT2D eigenvalue weighted by molar-refractivity contribution is 5.43. The maximum absolute atomic E-state index is 12.7. The second-order valence-electron chi connectivity index (χ2n) is 1.90. The number of rotatable bonds is 0. The van der Waals surface area contributed by atoms with Crippen LogP contribution in [0.2, 0.25) is 0 Å². The van der Waals surface area contributed by atoms with Crippen molar-refractivity contribution in [1.29, 1.82) is 0 Å². The summed E-state index contributed by atoms with van der Waals surface area (Å²) in [7, 11) is 0. The Morgan fingerprint density at radius 2 is 2.10 bits per heavy atom. The van der Waals surface area contributed by atoms with Gasteiger partial charge < -0.3 is 9.47 Å². The Morgan fingerprint density at radius 3 is 2.90 bits per heavy atom. The molecule has 2 rings (SSSR count). The summed E-state index contributed by atoms with van der Waals surface area (Å²) in [5, 5.41) is 0. The summed E-state index contributed by atoms with van der Waals surface area (Å²) in [6.45, 7) is 1.10. The molecule has 0 aromatic heterocycles. The van der Waals surface area contributed by atoms with Crippen LogP contribution in [0.1, 0.15) is 0 Å². The molecule has 0 aliphatic carbocycles. The van der Waals surface area contributed by atoms with E-state index in [9.17, 15) is 4.39 Å². The lowest BCUT2D eigenvalue weighted by atomic mass is 10.3. The number of hydrogen-bond acceptors (Lipinski definition) is 2. The number of ether oxygens (including phenoxy) is 2. The molecule has 0 bridgehead atoms. The Morgan fingerprint density at radius 1 is 1.20 bits per heavy atom. The molecular formula is C7H4FO2. The smallest absolute Gasteiger partial charge is 0.316 e. The Bertz CT molecular complexity index is 260. The van der Waals surface area contributed by atoms with Crippen LogP contribution in [0, 0.1) is 12.6 Å². The van der Waals surface area contributed by atoms with Crippen LogP contribution in [0.4, 0.5) is 4.39 Å². The van der Waals surface area contributed by atoms with Crippen LogP contribution in [0.3, 0.4) is 0 Å². The molecule has 0 atom stereocenters. The first kappa shape index (κ1) is 5.53. The van der Waals surface area contributed by atoms with Crippen LogP contribution in [0.5, 0.6) is 11.5 Å². The molecule has 1 radical (unpaired) electrons. The molecular weight excluding hydrogens is 135 g/mol. The minimum atomic E-state index is -0.397. The van der Waals surface area contributed by atoms with E-state index in [2.05, 4.69) is 0 Å². The summed E-state index contributed by atoms with van der Waals surface area (Å²) >= 11 is 0. The third-order valence-electron chi connectivity index (χ3n) is 1.27. The third kappa shape index (κ3) is 0.635. The van der Waals surface area contributed by atoms with Crippen molar-refractivity contribution in [2.24, 2.45) is 0 Å². The van der Waals surface area contributed by atoms with Crippen molar-refractivity contribution in [2.75, 3.05) is 0 Å². The zero-order valence-electron chi connectivity index (χ0n) is 5.00. The van der Waals surface area contributed by atoms with Gasteiger partial charge in [0.2, 0.25) is 5.75 Å². The molecule has 1 heterocycles. The van der Waals surface area contributed by atoms with Crippen LogP contribution in [-0.2, 0) is 0 Å². The highest BCUT2D eigenvalue weighted by Gasteiger charge is 2.17. The molecule has 0 saturated carbocycles. The molecule has 3 heteroatoms. The minimum absolute atomic E-state index is 0.169. The van der Waals surface area contributed by atoms with Gasteiger partial charge in [-0.2, -0.15) is 0 Å². The van der Waals surface area contributed by atoms with Crippen molar-refractivity contribution in [3.63, 3.8) is 0 Å². The molecule has 1 aliphatic rings. The summed E-state index contributed by atoms with van der Waals surface area (Å²) < 4.78 is 22.2. The van der Waals surface area contributed by atoms with E-state index in [1.807, 2.05) is 0 Å². The first-order valence-corrected chi connectivity index (χ1v) is 2.81. The van der Waals surface area contributed by atoms with E-state index in [1.54, 1.807) is 12.1 Å². The predicted molar refractivity (Wildman–Crippen MR) is 32.0 cm³/mol. The van der Waals surface area contributed by atoms with Crippen molar-refractivity contribution < 1.29 is 13.9 Å². The molecule has 0 N–H and O–H groups in total. The third-order valence-corrected chi connectivity index (χ3v) is 1.27. The van der Waals surface area contributed by atoms with Gasteiger partial charge in [-0.3, -0.25) is 0 Å². The Kier molecular flexibility index (Phi) is 1.03. The van der Waals surface area contributed by atoms with E-state index in [0.29, 0.717) is 5.75 Å². The molecule has 10 heavy (non-hydrogen) atoms. The normalized spacial score (nSPS) is 13.7. The van der Waals surface area contributed by atoms with Gasteiger partial charge in [0.1, 0.15) is 0 Å². The molecule has 0 saturated heterocycles. The summed E-state index contributed by atoms with van der Waals surface area (Å²) in [5.41, 5.74) is 0. The second kappa shape index (κ2) is 1.87. The van der Waals surface area contributed by atoms with E-state index < -0.39 is 5.82 Å². The fourth-order valence-electron chi connectivity index (χ4n) is 0.820. The molecule has 1 aromatic carbocycles. The van der Waals surface area contributed by atoms with Gasteiger partial charge in [-0.05, 0) is 12.1 Å². The van der Waals surface area contributed by atoms with Gasteiger partial charge in [0.25, 0.3) is 0 Å². The fourth-order valence-corrected chi connectivity index (χ4v) is 0.820. The van der Waals surface area contributed by atoms with Crippen molar-refractivity contribution in [1.82, 2.24) is 0 Å². The quantitative estimate of drug-likeness (QED) is 0.544. The molecule has 1 aromatic rings. The number of hydrogen-bond donors (Lipinski definition) is 0. The lowest BCUT2D eigenvalue weighted by molar-refractivity contribution is 0.266. The largest absolute Gasteiger partial charge is 0.444 e. The standard InChI is InChI=1S/C7H4FO2/c8-5-2-1-3-6-7(5)10-4-9-6/h1-4H. The van der Waals surface area contributed by atoms with Gasteiger partial charge in [0, 0.05) is 0 Å². The minimum Gasteiger partial charge on any atom is -0.444 e. The molecule has 0 amide bonds. The van der Waals surface area contributed by atoms with E-state index in [0.717, 1.165) is 6.79 Å². The van der Waals surface area contributed by atoms with Crippen LogP contribution >= 0.6 is 0 Å². The first-order chi connectivity index (χ1) is 4.88. The zero-order chi connectivity index (χ0) is 6.97. The highest BCUT2D eigenvalue weighted by Crippen LogP contribution is 2.35. The van der Waals surface area contributed by atoms with Gasteiger partial charge in [-0.1, -0.05) is 6.07 Å². The van der Waals surface area contributed by atoms with E-state index in [1.165, 1.54) is 6.07 Å². The predicted octanol–water partition coefficient (Wildman–Crippen LogP) is 1.72. The maximum Gasteiger partial charge on any atom is 0.316 e. The van der Waals surface area contributed by atoms with Gasteiger partial charge in [0.05, 0.1) is 0 Å². The van der Waals surface area contributed by atoms with Crippen LogP contribution < -0.4 is 9.47 Å². The van der Waals surface area contributed by atoms with Gasteiger partial charge >= 0.3 is 6.79 Å². The molecule has 1 aliphatic heterocycles.